The first-order valence-corrected chi connectivity index (χ1v) is 6.33. The van der Waals surface area contributed by atoms with Gasteiger partial charge in [0, 0.05) is 0 Å². The van der Waals surface area contributed by atoms with Crippen molar-refractivity contribution in [2.24, 2.45) is 23.2 Å². The SMILES string of the molecule is CC(C)CC1CNCCC12CC(C)C2. The van der Waals surface area contributed by atoms with Gasteiger partial charge in [-0.2, -0.15) is 0 Å². The Hall–Kier alpha value is -0.0400. The van der Waals surface area contributed by atoms with Crippen LogP contribution >= 0.6 is 0 Å². The highest BCUT2D eigenvalue weighted by atomic mass is 14.9. The summed E-state index contributed by atoms with van der Waals surface area (Å²) in [6.07, 6.45) is 5.88. The lowest BCUT2D eigenvalue weighted by Gasteiger charge is -2.55. The van der Waals surface area contributed by atoms with E-state index < -0.39 is 0 Å². The molecule has 14 heavy (non-hydrogen) atoms. The molecule has 82 valence electrons. The second-order valence-corrected chi connectivity index (χ2v) is 6.16. The van der Waals surface area contributed by atoms with Gasteiger partial charge in [0.15, 0.2) is 0 Å². The smallest absolute Gasteiger partial charge is 0.00151 e. The molecule has 0 aromatic heterocycles. The summed E-state index contributed by atoms with van der Waals surface area (Å²) < 4.78 is 0. The molecule has 0 amide bonds. The summed E-state index contributed by atoms with van der Waals surface area (Å²) in [6.45, 7) is 9.70. The fourth-order valence-corrected chi connectivity index (χ4v) is 3.80. The van der Waals surface area contributed by atoms with Crippen molar-refractivity contribution >= 4 is 0 Å². The Morgan fingerprint density at radius 2 is 2.07 bits per heavy atom. The molecule has 0 aromatic carbocycles. The van der Waals surface area contributed by atoms with Crippen LogP contribution in [-0.2, 0) is 0 Å². The van der Waals surface area contributed by atoms with Crippen LogP contribution in [0.1, 0.15) is 46.5 Å². The molecule has 2 fully saturated rings. The van der Waals surface area contributed by atoms with Crippen LogP contribution in [0.15, 0.2) is 0 Å². The third-order valence-corrected chi connectivity index (χ3v) is 4.32. The van der Waals surface area contributed by atoms with Gasteiger partial charge in [0.25, 0.3) is 0 Å². The van der Waals surface area contributed by atoms with Crippen molar-refractivity contribution in [1.82, 2.24) is 5.32 Å². The van der Waals surface area contributed by atoms with Gasteiger partial charge in [-0.25, -0.2) is 0 Å². The van der Waals surface area contributed by atoms with E-state index >= 15 is 0 Å². The summed E-state index contributed by atoms with van der Waals surface area (Å²) in [5.74, 6) is 2.84. The lowest BCUT2D eigenvalue weighted by molar-refractivity contribution is -0.0338. The van der Waals surface area contributed by atoms with Crippen LogP contribution in [0.4, 0.5) is 0 Å². The Balaban J connectivity index is 1.97. The highest BCUT2D eigenvalue weighted by Gasteiger charge is 2.48. The predicted octanol–water partition coefficient (Wildman–Crippen LogP) is 3.06. The minimum absolute atomic E-state index is 0.759. The maximum absolute atomic E-state index is 3.58. The topological polar surface area (TPSA) is 12.0 Å². The lowest BCUT2D eigenvalue weighted by atomic mass is 9.52. The summed E-state index contributed by atoms with van der Waals surface area (Å²) in [7, 11) is 0. The molecule has 1 saturated carbocycles. The molecule has 1 heterocycles. The van der Waals surface area contributed by atoms with E-state index in [0.29, 0.717) is 0 Å². The highest BCUT2D eigenvalue weighted by molar-refractivity contribution is 5.00. The fraction of sp³-hybridized carbons (Fsp3) is 1.00. The van der Waals surface area contributed by atoms with Gasteiger partial charge < -0.3 is 5.32 Å². The van der Waals surface area contributed by atoms with Crippen molar-refractivity contribution in [3.8, 4) is 0 Å². The van der Waals surface area contributed by atoms with Crippen molar-refractivity contribution in [2.45, 2.75) is 46.5 Å². The molecule has 1 N–H and O–H groups in total. The zero-order valence-electron chi connectivity index (χ0n) is 9.97. The first kappa shape index (κ1) is 10.5. The maximum atomic E-state index is 3.58. The minimum Gasteiger partial charge on any atom is -0.316 e. The van der Waals surface area contributed by atoms with Gasteiger partial charge in [0.1, 0.15) is 0 Å². The van der Waals surface area contributed by atoms with E-state index in [9.17, 15) is 0 Å². The second-order valence-electron chi connectivity index (χ2n) is 6.16. The van der Waals surface area contributed by atoms with Crippen LogP contribution in [0.25, 0.3) is 0 Å². The number of hydrogen-bond acceptors (Lipinski definition) is 1. The van der Waals surface area contributed by atoms with E-state index in [4.69, 9.17) is 0 Å². The first-order chi connectivity index (χ1) is 6.62. The summed E-state index contributed by atoms with van der Waals surface area (Å²) in [5.41, 5.74) is 0.759. The van der Waals surface area contributed by atoms with E-state index in [1.165, 1.54) is 38.8 Å². The molecule has 0 aromatic rings. The van der Waals surface area contributed by atoms with Crippen molar-refractivity contribution in [1.29, 1.82) is 0 Å². The molecule has 1 saturated heterocycles. The Labute approximate surface area is 88.7 Å². The van der Waals surface area contributed by atoms with Gasteiger partial charge in [-0.15, -0.1) is 0 Å². The van der Waals surface area contributed by atoms with E-state index in [0.717, 1.165) is 23.2 Å². The number of piperidine rings is 1. The standard InChI is InChI=1S/C13H25N/c1-10(2)6-12-9-14-5-4-13(12)7-11(3)8-13/h10-12,14H,4-9H2,1-3H3. The predicted molar refractivity (Wildman–Crippen MR) is 61.3 cm³/mol. The van der Waals surface area contributed by atoms with Crippen molar-refractivity contribution < 1.29 is 0 Å². The van der Waals surface area contributed by atoms with Crippen LogP contribution in [0.2, 0.25) is 0 Å². The van der Waals surface area contributed by atoms with Gasteiger partial charge in [-0.1, -0.05) is 20.8 Å². The Morgan fingerprint density at radius 1 is 1.36 bits per heavy atom. The van der Waals surface area contributed by atoms with Gasteiger partial charge in [-0.3, -0.25) is 0 Å². The lowest BCUT2D eigenvalue weighted by Crippen LogP contribution is -2.52. The third kappa shape index (κ3) is 1.84. The summed E-state index contributed by atoms with van der Waals surface area (Å²) in [4.78, 5) is 0. The average Bonchev–Trinajstić information content (AvgIpc) is 2.05. The largest absolute Gasteiger partial charge is 0.316 e. The van der Waals surface area contributed by atoms with Crippen molar-refractivity contribution in [2.75, 3.05) is 13.1 Å². The minimum atomic E-state index is 0.759. The molecular formula is C13H25N. The van der Waals surface area contributed by atoms with Gasteiger partial charge >= 0.3 is 0 Å². The molecule has 1 heteroatoms. The monoisotopic (exact) mass is 195 g/mol. The number of nitrogens with one attached hydrogen (secondary N) is 1. The molecule has 1 atom stereocenters. The van der Waals surface area contributed by atoms with Crippen LogP contribution in [0.5, 0.6) is 0 Å². The van der Waals surface area contributed by atoms with E-state index in [1.54, 1.807) is 0 Å². The highest BCUT2D eigenvalue weighted by Crippen LogP contribution is 2.55. The molecule has 1 nitrogen and oxygen atoms in total. The van der Waals surface area contributed by atoms with Crippen LogP contribution < -0.4 is 5.32 Å². The number of hydrogen-bond donors (Lipinski definition) is 1. The normalized spacial score (nSPS) is 42.9. The van der Waals surface area contributed by atoms with Crippen LogP contribution in [0.3, 0.4) is 0 Å². The third-order valence-electron chi connectivity index (χ3n) is 4.32. The molecule has 1 unspecified atom stereocenters. The zero-order chi connectivity index (χ0) is 10.2. The van der Waals surface area contributed by atoms with E-state index in [1.807, 2.05) is 0 Å². The molecule has 0 bridgehead atoms. The molecule has 1 aliphatic carbocycles. The number of rotatable bonds is 2. The average molecular weight is 195 g/mol. The van der Waals surface area contributed by atoms with Gasteiger partial charge in [0.2, 0.25) is 0 Å². The Bertz CT molecular complexity index is 186. The molecule has 1 spiro atoms. The molecule has 1 aliphatic heterocycles. The summed E-state index contributed by atoms with van der Waals surface area (Å²) >= 11 is 0. The maximum Gasteiger partial charge on any atom is -0.00151 e. The molecule has 0 radical (unpaired) electrons. The molecule has 2 aliphatic rings. The first-order valence-electron chi connectivity index (χ1n) is 6.33. The van der Waals surface area contributed by atoms with E-state index in [2.05, 4.69) is 26.1 Å². The van der Waals surface area contributed by atoms with Crippen molar-refractivity contribution in [3.63, 3.8) is 0 Å². The molecule has 2 rings (SSSR count). The van der Waals surface area contributed by atoms with Crippen LogP contribution in [-0.4, -0.2) is 13.1 Å². The Morgan fingerprint density at radius 3 is 2.64 bits per heavy atom. The molecular weight excluding hydrogens is 170 g/mol. The van der Waals surface area contributed by atoms with E-state index in [-0.39, 0.29) is 0 Å². The summed E-state index contributed by atoms with van der Waals surface area (Å²) in [6, 6.07) is 0. The fourth-order valence-electron chi connectivity index (χ4n) is 3.80. The van der Waals surface area contributed by atoms with Crippen LogP contribution in [0, 0.1) is 23.2 Å². The van der Waals surface area contributed by atoms with Gasteiger partial charge in [-0.05, 0) is 61.9 Å². The summed E-state index contributed by atoms with van der Waals surface area (Å²) in [5, 5.41) is 3.58. The van der Waals surface area contributed by atoms with Gasteiger partial charge in [0.05, 0.1) is 0 Å². The second kappa shape index (κ2) is 3.84. The Kier molecular flexibility index (Phi) is 2.88. The quantitative estimate of drug-likeness (QED) is 0.714. The zero-order valence-corrected chi connectivity index (χ0v) is 9.97. The van der Waals surface area contributed by atoms with Crippen molar-refractivity contribution in [3.05, 3.63) is 0 Å².